The Balaban J connectivity index is 0.647. The summed E-state index contributed by atoms with van der Waals surface area (Å²) in [6.45, 7) is 0. The van der Waals surface area contributed by atoms with E-state index in [4.69, 9.17) is 0 Å². The van der Waals surface area contributed by atoms with Crippen LogP contribution in [-0.4, -0.2) is 18.3 Å². The van der Waals surface area contributed by atoms with Gasteiger partial charge in [0.1, 0.15) is 0 Å². The van der Waals surface area contributed by atoms with Gasteiger partial charge in [0.25, 0.3) is 0 Å². The maximum absolute atomic E-state index is 17.3. The third-order valence-corrected chi connectivity index (χ3v) is 29.2. The summed E-state index contributed by atoms with van der Waals surface area (Å²) in [5, 5.41) is 20.2. The summed E-state index contributed by atoms with van der Waals surface area (Å²) in [6, 6.07) is 142. The predicted octanol–water partition coefficient (Wildman–Crippen LogP) is 24.1. The van der Waals surface area contributed by atoms with Crippen molar-refractivity contribution in [2.45, 2.75) is 0 Å². The lowest BCUT2D eigenvalue weighted by molar-refractivity contribution is 0.591. The number of nitrogens with zero attached hydrogens (tertiary/aromatic N) is 4. The van der Waals surface area contributed by atoms with Gasteiger partial charge in [-0.1, -0.05) is 243 Å². The van der Waals surface area contributed by atoms with Gasteiger partial charge in [-0.2, -0.15) is 0 Å². The van der Waals surface area contributed by atoms with Crippen LogP contribution in [0.5, 0.6) is 0 Å². The highest BCUT2D eigenvalue weighted by atomic mass is 31.2. The van der Waals surface area contributed by atoms with Crippen molar-refractivity contribution < 1.29 is 9.13 Å². The van der Waals surface area contributed by atoms with Gasteiger partial charge in [0.05, 0.1) is 44.1 Å². The van der Waals surface area contributed by atoms with Crippen LogP contribution in [0, 0.1) is 0 Å². The standard InChI is InChI=1S/C102H66N4O2P2/c107-109(77-51-57-99-91(63-77)85-33-15-19-37-95(85)103(99)71-23-5-1-6-24-71,78-52-58-100-92(64-78)86-34-16-20-38-96(86)104(100)72-25-7-2-8-26-72)75-47-41-67(42-48-75)69-45-55-83-84-56-46-70(62-90(84)82-32-14-13-31-81(82)89(83)61-69)68-43-49-76(50-44-68)110(108,79-53-59-101-93(65-79)87-35-17-21-39-97(87)105(101)73-27-9-3-10-28-73)80-54-60-102-94(66-80)88-36-18-22-40-98(88)106(102)74-29-11-4-12-30-74/h1-66H. The third kappa shape index (κ3) is 9.70. The van der Waals surface area contributed by atoms with Crippen molar-refractivity contribution in [3.63, 3.8) is 0 Å². The molecule has 4 aromatic heterocycles. The molecule has 22 aromatic rings. The molecule has 0 aliphatic carbocycles. The van der Waals surface area contributed by atoms with Crippen molar-refractivity contribution >= 4 is 166 Å². The lowest BCUT2D eigenvalue weighted by atomic mass is 9.90. The number of rotatable bonds is 12. The Morgan fingerprint density at radius 3 is 0.627 bits per heavy atom. The largest absolute Gasteiger partial charge is 0.309 e. The normalized spacial score (nSPS) is 12.3. The van der Waals surface area contributed by atoms with E-state index in [0.29, 0.717) is 0 Å². The van der Waals surface area contributed by atoms with Crippen LogP contribution in [0.1, 0.15) is 0 Å². The number of benzene rings is 18. The maximum atomic E-state index is 17.3. The van der Waals surface area contributed by atoms with Gasteiger partial charge >= 0.3 is 0 Å². The second-order valence-electron chi connectivity index (χ2n) is 28.9. The number of fused-ring (bicyclic) bond motifs is 18. The smallest absolute Gasteiger partial charge is 0.171 e. The summed E-state index contributed by atoms with van der Waals surface area (Å²) in [5.74, 6) is 0. The first-order valence-electron chi connectivity index (χ1n) is 37.5. The molecule has 0 atom stereocenters. The van der Waals surface area contributed by atoms with Crippen molar-refractivity contribution in [1.82, 2.24) is 18.3 Å². The maximum Gasteiger partial charge on any atom is 0.171 e. The van der Waals surface area contributed by atoms with Crippen LogP contribution in [0.15, 0.2) is 400 Å². The summed E-state index contributed by atoms with van der Waals surface area (Å²) in [4.78, 5) is 0. The number of hydrogen-bond donors (Lipinski definition) is 0. The van der Waals surface area contributed by atoms with E-state index in [0.717, 1.165) is 196 Å². The first-order valence-corrected chi connectivity index (χ1v) is 40.9. The Labute approximate surface area is 634 Å². The highest BCUT2D eigenvalue weighted by Crippen LogP contribution is 2.50. The van der Waals surface area contributed by atoms with E-state index < -0.39 is 14.3 Å². The molecule has 22 rings (SSSR count). The first-order chi connectivity index (χ1) is 54.3. The van der Waals surface area contributed by atoms with Crippen LogP contribution in [0.25, 0.3) is 165 Å². The number of hydrogen-bond acceptors (Lipinski definition) is 2. The first kappa shape index (κ1) is 63.7. The highest BCUT2D eigenvalue weighted by Gasteiger charge is 2.35. The molecule has 0 N–H and O–H groups in total. The Hall–Kier alpha value is -13.6. The van der Waals surface area contributed by atoms with Crippen LogP contribution in [0.3, 0.4) is 0 Å². The van der Waals surface area contributed by atoms with E-state index >= 15 is 9.13 Å². The molecular weight excluding hydrogens is 1380 g/mol. The molecule has 0 amide bonds. The van der Waals surface area contributed by atoms with Crippen molar-refractivity contribution in [1.29, 1.82) is 0 Å². The zero-order valence-electron chi connectivity index (χ0n) is 59.6. The second-order valence-corrected chi connectivity index (χ2v) is 34.5. The average molecular weight is 1440 g/mol. The fourth-order valence-corrected chi connectivity index (χ4v) is 23.3. The van der Waals surface area contributed by atoms with E-state index in [1.54, 1.807) is 0 Å². The molecule has 0 radical (unpaired) electrons. The summed E-state index contributed by atoms with van der Waals surface area (Å²) < 4.78 is 43.8. The average Bonchev–Trinajstić information content (AvgIpc) is 1.52. The quantitative estimate of drug-likeness (QED) is 0.0904. The fraction of sp³-hybridized carbons (Fsp3) is 0. The van der Waals surface area contributed by atoms with Crippen molar-refractivity contribution in [3.05, 3.63) is 400 Å². The lowest BCUT2D eigenvalue weighted by Crippen LogP contribution is -2.25. The molecule has 0 aliphatic rings. The zero-order valence-corrected chi connectivity index (χ0v) is 61.4. The third-order valence-electron chi connectivity index (χ3n) is 23.1. The van der Waals surface area contributed by atoms with Crippen molar-refractivity contribution in [3.8, 4) is 45.0 Å². The van der Waals surface area contributed by atoms with Crippen LogP contribution in [0.4, 0.5) is 0 Å². The summed E-state index contributed by atoms with van der Waals surface area (Å²) in [7, 11) is -7.23. The summed E-state index contributed by atoms with van der Waals surface area (Å²) >= 11 is 0. The van der Waals surface area contributed by atoms with Gasteiger partial charge in [-0.25, -0.2) is 0 Å². The second kappa shape index (κ2) is 25.0. The minimum absolute atomic E-state index is 0.762. The monoisotopic (exact) mass is 1440 g/mol. The summed E-state index contributed by atoms with van der Waals surface area (Å²) in [6.07, 6.45) is 0. The minimum Gasteiger partial charge on any atom is -0.309 e. The molecule has 0 bridgehead atoms. The minimum atomic E-state index is -3.62. The molecular formula is C102H66N4O2P2. The summed E-state index contributed by atoms with van der Waals surface area (Å²) in [5.41, 5.74) is 17.1. The van der Waals surface area contributed by atoms with Crippen molar-refractivity contribution in [2.75, 3.05) is 0 Å². The van der Waals surface area contributed by atoms with Gasteiger partial charge in [-0.3, -0.25) is 0 Å². The molecule has 8 heteroatoms. The molecule has 516 valence electrons. The van der Waals surface area contributed by atoms with Gasteiger partial charge in [-0.15, -0.1) is 0 Å². The van der Waals surface area contributed by atoms with E-state index in [1.807, 2.05) is 0 Å². The molecule has 4 heterocycles. The van der Waals surface area contributed by atoms with E-state index in [-0.39, 0.29) is 0 Å². The van der Waals surface area contributed by atoms with Gasteiger partial charge in [-0.05, 0) is 212 Å². The van der Waals surface area contributed by atoms with Gasteiger partial charge < -0.3 is 27.4 Å². The van der Waals surface area contributed by atoms with Crippen LogP contribution < -0.4 is 31.8 Å². The Bertz CT molecular complexity index is 6830. The molecule has 18 aromatic carbocycles. The molecule has 0 saturated heterocycles. The van der Waals surface area contributed by atoms with E-state index in [9.17, 15) is 0 Å². The van der Waals surface area contributed by atoms with Crippen molar-refractivity contribution in [2.24, 2.45) is 0 Å². The Morgan fingerprint density at radius 1 is 0.145 bits per heavy atom. The van der Waals surface area contributed by atoms with Crippen LogP contribution in [0.2, 0.25) is 0 Å². The Morgan fingerprint density at radius 2 is 0.355 bits per heavy atom. The Kier molecular flexibility index (Phi) is 14.5. The predicted molar refractivity (Wildman–Crippen MR) is 466 cm³/mol. The molecule has 0 saturated carbocycles. The number of para-hydroxylation sites is 8. The van der Waals surface area contributed by atoms with Crippen LogP contribution >= 0.6 is 14.3 Å². The van der Waals surface area contributed by atoms with Gasteiger partial charge in [0.2, 0.25) is 0 Å². The van der Waals surface area contributed by atoms with Gasteiger partial charge in [0.15, 0.2) is 14.3 Å². The zero-order chi connectivity index (χ0) is 72.8. The molecule has 0 fully saturated rings. The highest BCUT2D eigenvalue weighted by molar-refractivity contribution is 7.85. The fourth-order valence-electron chi connectivity index (χ4n) is 18.0. The molecule has 0 spiro atoms. The molecule has 0 unspecified atom stereocenters. The topological polar surface area (TPSA) is 53.9 Å². The lowest BCUT2D eigenvalue weighted by Gasteiger charge is -2.21. The van der Waals surface area contributed by atoms with E-state index in [1.165, 1.54) is 0 Å². The molecule has 6 nitrogen and oxygen atoms in total. The van der Waals surface area contributed by atoms with Crippen LogP contribution in [-0.2, 0) is 9.13 Å². The SMILES string of the molecule is O=P(c1ccc(-c2ccc3c4ccc(-c5ccc(P(=O)(c6ccc7c(c6)c6ccccc6n7-c6ccccc6)c6ccc7c(c6)c6ccccc6n7-c6ccccc6)cc5)cc4c4ccccc4c3c2)cc1)(c1ccc2c(c1)c1ccccc1n2-c1ccccc1)c1ccc2c(c1)c1ccccc1n2-c1ccccc1. The molecule has 0 aliphatic heterocycles. The van der Waals surface area contributed by atoms with Gasteiger partial charge in [0, 0.05) is 97.7 Å². The number of aromatic nitrogens is 4. The van der Waals surface area contributed by atoms with E-state index in [2.05, 4.69) is 419 Å². The molecule has 110 heavy (non-hydrogen) atoms.